The highest BCUT2D eigenvalue weighted by Crippen LogP contribution is 2.26. The first-order valence-electron chi connectivity index (χ1n) is 6.20. The molecule has 19 heavy (non-hydrogen) atoms. The van der Waals surface area contributed by atoms with Crippen molar-refractivity contribution in [3.05, 3.63) is 47.8 Å². The number of aryl methyl sites for hydroxylation is 1. The van der Waals surface area contributed by atoms with Gasteiger partial charge in [-0.1, -0.05) is 6.92 Å². The van der Waals surface area contributed by atoms with Crippen molar-refractivity contribution < 1.29 is 14.2 Å². The lowest BCUT2D eigenvalue weighted by atomic mass is 10.1. The lowest BCUT2D eigenvalue weighted by Gasteiger charge is -2.14. The first-order chi connectivity index (χ1) is 9.17. The molecule has 0 aliphatic heterocycles. The number of benzene rings is 1. The third-order valence-electron chi connectivity index (χ3n) is 2.96. The van der Waals surface area contributed by atoms with Crippen LogP contribution >= 0.6 is 0 Å². The van der Waals surface area contributed by atoms with Gasteiger partial charge in [0, 0.05) is 30.6 Å². The molecule has 0 aliphatic rings. The van der Waals surface area contributed by atoms with Gasteiger partial charge in [0.05, 0.1) is 7.11 Å². The first kappa shape index (κ1) is 13.5. The van der Waals surface area contributed by atoms with Crippen LogP contribution in [0.15, 0.2) is 30.6 Å². The molecule has 0 fully saturated rings. The van der Waals surface area contributed by atoms with Crippen molar-refractivity contribution in [2.24, 2.45) is 0 Å². The summed E-state index contributed by atoms with van der Waals surface area (Å²) in [5.74, 6) is 0.370. The van der Waals surface area contributed by atoms with Crippen LogP contribution < -0.4 is 4.74 Å². The molecule has 1 unspecified atom stereocenters. The highest BCUT2D eigenvalue weighted by molar-refractivity contribution is 5.32. The minimum absolute atomic E-state index is 0.198. The normalized spacial score (nSPS) is 12.4. The van der Waals surface area contributed by atoms with Gasteiger partial charge >= 0.3 is 0 Å². The Kier molecular flexibility index (Phi) is 4.16. The molecule has 1 atom stereocenters. The van der Waals surface area contributed by atoms with Crippen molar-refractivity contribution >= 4 is 0 Å². The molecule has 0 spiro atoms. The van der Waals surface area contributed by atoms with Gasteiger partial charge < -0.3 is 14.4 Å². The maximum absolute atomic E-state index is 13.9. The summed E-state index contributed by atoms with van der Waals surface area (Å²) in [6.45, 7) is 2.77. The van der Waals surface area contributed by atoms with Crippen molar-refractivity contribution in [3.63, 3.8) is 0 Å². The Morgan fingerprint density at radius 2 is 2.26 bits per heavy atom. The van der Waals surface area contributed by atoms with Gasteiger partial charge in [-0.3, -0.25) is 0 Å². The molecule has 0 saturated heterocycles. The summed E-state index contributed by atoms with van der Waals surface area (Å²) in [7, 11) is 1.47. The summed E-state index contributed by atoms with van der Waals surface area (Å²) >= 11 is 0. The van der Waals surface area contributed by atoms with Gasteiger partial charge in [0.15, 0.2) is 0 Å². The fraction of sp³-hybridized carbons (Fsp3) is 0.357. The quantitative estimate of drug-likeness (QED) is 0.902. The molecule has 4 nitrogen and oxygen atoms in total. The fourth-order valence-electron chi connectivity index (χ4n) is 1.99. The largest absolute Gasteiger partial charge is 0.497 e. The van der Waals surface area contributed by atoms with Crippen LogP contribution in [0.4, 0.5) is 4.39 Å². The molecule has 0 amide bonds. The number of rotatable bonds is 5. The molecule has 0 radical (unpaired) electrons. The van der Waals surface area contributed by atoms with Gasteiger partial charge in [0.1, 0.15) is 23.5 Å². The SMILES string of the molecule is CCCn1ccnc1C(O)c1ccc(OC)cc1F. The number of nitrogens with zero attached hydrogens (tertiary/aromatic N) is 2. The van der Waals surface area contributed by atoms with E-state index in [0.717, 1.165) is 13.0 Å². The van der Waals surface area contributed by atoms with Crippen LogP contribution in [0.3, 0.4) is 0 Å². The third-order valence-corrected chi connectivity index (χ3v) is 2.96. The molecule has 1 heterocycles. The van der Waals surface area contributed by atoms with E-state index in [1.165, 1.54) is 19.2 Å². The number of aliphatic hydroxyl groups excluding tert-OH is 1. The molecular weight excluding hydrogens is 247 g/mol. The molecule has 1 aromatic carbocycles. The molecule has 102 valence electrons. The number of aliphatic hydroxyl groups is 1. The molecule has 2 rings (SSSR count). The summed E-state index contributed by atoms with van der Waals surface area (Å²) in [4.78, 5) is 4.11. The summed E-state index contributed by atoms with van der Waals surface area (Å²) < 4.78 is 20.7. The van der Waals surface area contributed by atoms with Crippen molar-refractivity contribution in [1.29, 1.82) is 0 Å². The maximum Gasteiger partial charge on any atom is 0.142 e. The lowest BCUT2D eigenvalue weighted by Crippen LogP contribution is -2.11. The van der Waals surface area contributed by atoms with Crippen LogP contribution in [-0.4, -0.2) is 21.8 Å². The van der Waals surface area contributed by atoms with Crippen molar-refractivity contribution in [2.45, 2.75) is 26.0 Å². The van der Waals surface area contributed by atoms with E-state index in [4.69, 9.17) is 4.74 Å². The van der Waals surface area contributed by atoms with E-state index in [2.05, 4.69) is 4.98 Å². The number of hydrogen-bond donors (Lipinski definition) is 1. The van der Waals surface area contributed by atoms with Crippen molar-refractivity contribution in [1.82, 2.24) is 9.55 Å². The van der Waals surface area contributed by atoms with Gasteiger partial charge in [-0.15, -0.1) is 0 Å². The molecule has 0 aliphatic carbocycles. The lowest BCUT2D eigenvalue weighted by molar-refractivity contribution is 0.199. The van der Waals surface area contributed by atoms with E-state index >= 15 is 0 Å². The number of imidazole rings is 1. The standard InChI is InChI=1S/C14H17FN2O2/c1-3-7-17-8-6-16-14(17)13(18)11-5-4-10(19-2)9-12(11)15/h4-6,8-9,13,18H,3,7H2,1-2H3. The van der Waals surface area contributed by atoms with E-state index in [1.807, 2.05) is 11.5 Å². The number of methoxy groups -OCH3 is 1. The monoisotopic (exact) mass is 264 g/mol. The number of ether oxygens (including phenoxy) is 1. The molecule has 1 aromatic heterocycles. The molecular formula is C14H17FN2O2. The minimum Gasteiger partial charge on any atom is -0.497 e. The van der Waals surface area contributed by atoms with E-state index in [1.54, 1.807) is 18.5 Å². The van der Waals surface area contributed by atoms with Crippen LogP contribution in [0, 0.1) is 5.82 Å². The highest BCUT2D eigenvalue weighted by atomic mass is 19.1. The van der Waals surface area contributed by atoms with Gasteiger partial charge in [-0.05, 0) is 18.6 Å². The van der Waals surface area contributed by atoms with Gasteiger partial charge in [-0.25, -0.2) is 9.37 Å². The fourth-order valence-corrected chi connectivity index (χ4v) is 1.99. The summed E-state index contributed by atoms with van der Waals surface area (Å²) in [6.07, 6.45) is 3.23. The van der Waals surface area contributed by atoms with E-state index in [0.29, 0.717) is 11.6 Å². The van der Waals surface area contributed by atoms with Crippen LogP contribution in [-0.2, 0) is 6.54 Å². The maximum atomic E-state index is 13.9. The Balaban J connectivity index is 2.33. The molecule has 2 aromatic rings. The van der Waals surface area contributed by atoms with Crippen LogP contribution in [0.25, 0.3) is 0 Å². The zero-order valence-corrected chi connectivity index (χ0v) is 11.0. The Hall–Kier alpha value is -1.88. The number of hydrogen-bond acceptors (Lipinski definition) is 3. The van der Waals surface area contributed by atoms with E-state index in [9.17, 15) is 9.50 Å². The van der Waals surface area contributed by atoms with Crippen LogP contribution in [0.2, 0.25) is 0 Å². The summed E-state index contributed by atoms with van der Waals surface area (Å²) in [5.41, 5.74) is 0.198. The van der Waals surface area contributed by atoms with E-state index < -0.39 is 11.9 Å². The van der Waals surface area contributed by atoms with Crippen molar-refractivity contribution in [2.75, 3.05) is 7.11 Å². The van der Waals surface area contributed by atoms with Crippen molar-refractivity contribution in [3.8, 4) is 5.75 Å². The van der Waals surface area contributed by atoms with E-state index in [-0.39, 0.29) is 5.56 Å². The summed E-state index contributed by atoms with van der Waals surface area (Å²) in [6, 6.07) is 4.39. The average Bonchev–Trinajstić information content (AvgIpc) is 2.86. The number of halogens is 1. The van der Waals surface area contributed by atoms with Gasteiger partial charge in [0.2, 0.25) is 0 Å². The molecule has 0 saturated carbocycles. The first-order valence-corrected chi connectivity index (χ1v) is 6.20. The third kappa shape index (κ3) is 2.76. The Morgan fingerprint density at radius 3 is 2.89 bits per heavy atom. The zero-order valence-electron chi connectivity index (χ0n) is 11.0. The second-order valence-electron chi connectivity index (χ2n) is 4.27. The summed E-state index contributed by atoms with van der Waals surface area (Å²) in [5, 5.41) is 10.3. The molecule has 0 bridgehead atoms. The molecule has 1 N–H and O–H groups in total. The number of aromatic nitrogens is 2. The molecule has 5 heteroatoms. The topological polar surface area (TPSA) is 47.3 Å². The zero-order chi connectivity index (χ0) is 13.8. The predicted octanol–water partition coefficient (Wildman–Crippen LogP) is 2.52. The Morgan fingerprint density at radius 1 is 1.47 bits per heavy atom. The Bertz CT molecular complexity index is 554. The predicted molar refractivity (Wildman–Crippen MR) is 69.5 cm³/mol. The van der Waals surface area contributed by atoms with Crippen LogP contribution in [0.1, 0.15) is 30.8 Å². The average molecular weight is 264 g/mol. The Labute approximate surface area is 111 Å². The van der Waals surface area contributed by atoms with Gasteiger partial charge in [-0.2, -0.15) is 0 Å². The van der Waals surface area contributed by atoms with Gasteiger partial charge in [0.25, 0.3) is 0 Å². The second kappa shape index (κ2) is 5.84. The smallest absolute Gasteiger partial charge is 0.142 e. The second-order valence-corrected chi connectivity index (χ2v) is 4.27. The van der Waals surface area contributed by atoms with Crippen LogP contribution in [0.5, 0.6) is 5.75 Å². The highest BCUT2D eigenvalue weighted by Gasteiger charge is 2.19. The minimum atomic E-state index is -1.08.